The van der Waals surface area contributed by atoms with Crippen LogP contribution in [0.15, 0.2) is 83.3 Å². The van der Waals surface area contributed by atoms with E-state index in [0.717, 1.165) is 21.4 Å². The molecule has 0 aromatic heterocycles. The molecule has 36 heavy (non-hydrogen) atoms. The summed E-state index contributed by atoms with van der Waals surface area (Å²) in [5.41, 5.74) is 4.03. The quantitative estimate of drug-likeness (QED) is 0.303. The van der Waals surface area contributed by atoms with E-state index >= 15 is 0 Å². The van der Waals surface area contributed by atoms with Crippen molar-refractivity contribution in [3.05, 3.63) is 106 Å². The number of carbonyl (C=O) groups is 2. The van der Waals surface area contributed by atoms with Gasteiger partial charge in [-0.15, -0.1) is 11.8 Å². The van der Waals surface area contributed by atoms with Crippen LogP contribution in [0.1, 0.15) is 43.0 Å². The third kappa shape index (κ3) is 8.82. The van der Waals surface area contributed by atoms with Crippen LogP contribution in [0.25, 0.3) is 0 Å². The Kier molecular flexibility index (Phi) is 10.2. The highest BCUT2D eigenvalue weighted by Gasteiger charge is 2.32. The molecule has 0 aliphatic carbocycles. The molecule has 0 fully saturated rings. The van der Waals surface area contributed by atoms with Crippen LogP contribution in [0.5, 0.6) is 0 Å². The summed E-state index contributed by atoms with van der Waals surface area (Å²) >= 11 is 5.12. The average molecular weight is 568 g/mol. The van der Waals surface area contributed by atoms with Gasteiger partial charge in [0.1, 0.15) is 6.04 Å². The van der Waals surface area contributed by atoms with E-state index in [4.69, 9.17) is 0 Å². The Balaban J connectivity index is 1.88. The van der Waals surface area contributed by atoms with Gasteiger partial charge in [-0.3, -0.25) is 9.59 Å². The van der Waals surface area contributed by atoms with Gasteiger partial charge in [-0.1, -0.05) is 82.7 Å². The molecule has 3 rings (SSSR count). The number of hydrogen-bond acceptors (Lipinski definition) is 3. The third-order valence-corrected chi connectivity index (χ3v) is 7.22. The molecule has 190 valence electrons. The zero-order valence-electron chi connectivity index (χ0n) is 21.5. The highest BCUT2D eigenvalue weighted by Crippen LogP contribution is 2.21. The van der Waals surface area contributed by atoms with Crippen LogP contribution in [0.3, 0.4) is 0 Å². The van der Waals surface area contributed by atoms with E-state index in [1.165, 1.54) is 11.1 Å². The Labute approximate surface area is 228 Å². The van der Waals surface area contributed by atoms with Gasteiger partial charge in [-0.05, 0) is 62.1 Å². The summed E-state index contributed by atoms with van der Waals surface area (Å²) in [7, 11) is 0. The number of thioether (sulfide) groups is 1. The van der Waals surface area contributed by atoms with Gasteiger partial charge in [0.05, 0.1) is 5.75 Å². The molecule has 6 heteroatoms. The van der Waals surface area contributed by atoms with Crippen molar-refractivity contribution in [2.45, 2.75) is 58.0 Å². The molecule has 0 unspecified atom stereocenters. The van der Waals surface area contributed by atoms with Crippen LogP contribution < -0.4 is 5.32 Å². The standard InChI is InChI=1S/C30H35BrN2O2S/c1-22-11-8-9-15-25(22)20-36-21-28(34)33(19-24-14-10-16-26(31)17-24)27(29(35)32-30(2,3)4)18-23-12-6-5-7-13-23/h5-17,27H,18-21H2,1-4H3,(H,32,35)/t27-/m0/s1. The Morgan fingerprint density at radius 3 is 2.28 bits per heavy atom. The Morgan fingerprint density at radius 1 is 0.944 bits per heavy atom. The van der Waals surface area contributed by atoms with Crippen molar-refractivity contribution in [3.8, 4) is 0 Å². The van der Waals surface area contributed by atoms with Crippen molar-refractivity contribution in [1.29, 1.82) is 0 Å². The first-order valence-corrected chi connectivity index (χ1v) is 14.1. The third-order valence-electron chi connectivity index (χ3n) is 5.76. The molecule has 1 N–H and O–H groups in total. The molecular weight excluding hydrogens is 532 g/mol. The summed E-state index contributed by atoms with van der Waals surface area (Å²) in [6.07, 6.45) is 0.449. The number of carbonyl (C=O) groups excluding carboxylic acids is 2. The van der Waals surface area contributed by atoms with E-state index in [1.807, 2.05) is 87.5 Å². The molecule has 0 heterocycles. The fourth-order valence-electron chi connectivity index (χ4n) is 3.94. The van der Waals surface area contributed by atoms with Crippen molar-refractivity contribution in [1.82, 2.24) is 10.2 Å². The van der Waals surface area contributed by atoms with Crippen LogP contribution >= 0.6 is 27.7 Å². The topological polar surface area (TPSA) is 49.4 Å². The summed E-state index contributed by atoms with van der Waals surface area (Å²) in [4.78, 5) is 29.1. The number of halogens is 1. The maximum absolute atomic E-state index is 13.7. The predicted octanol–water partition coefficient (Wildman–Crippen LogP) is 6.55. The van der Waals surface area contributed by atoms with E-state index in [-0.39, 0.29) is 11.8 Å². The number of benzene rings is 3. The number of nitrogens with one attached hydrogen (secondary N) is 1. The van der Waals surface area contributed by atoms with Gasteiger partial charge in [0, 0.05) is 28.7 Å². The maximum atomic E-state index is 13.7. The largest absolute Gasteiger partial charge is 0.350 e. The zero-order chi connectivity index (χ0) is 26.1. The highest BCUT2D eigenvalue weighted by molar-refractivity contribution is 9.10. The lowest BCUT2D eigenvalue weighted by Gasteiger charge is -2.34. The second kappa shape index (κ2) is 13.1. The van der Waals surface area contributed by atoms with Gasteiger partial charge in [-0.25, -0.2) is 0 Å². The van der Waals surface area contributed by atoms with E-state index < -0.39 is 11.6 Å². The second-order valence-corrected chi connectivity index (χ2v) is 11.9. The van der Waals surface area contributed by atoms with Gasteiger partial charge in [0.25, 0.3) is 0 Å². The number of amides is 2. The molecule has 0 bridgehead atoms. The molecule has 0 saturated carbocycles. The van der Waals surface area contributed by atoms with Crippen molar-refractivity contribution >= 4 is 39.5 Å². The first-order chi connectivity index (χ1) is 17.1. The summed E-state index contributed by atoms with van der Waals surface area (Å²) in [5, 5.41) is 3.11. The van der Waals surface area contributed by atoms with Crippen LogP contribution in [0.2, 0.25) is 0 Å². The van der Waals surface area contributed by atoms with E-state index in [0.29, 0.717) is 18.7 Å². The lowest BCUT2D eigenvalue weighted by molar-refractivity contribution is -0.140. The van der Waals surface area contributed by atoms with Crippen molar-refractivity contribution < 1.29 is 9.59 Å². The molecule has 4 nitrogen and oxygen atoms in total. The van der Waals surface area contributed by atoms with Crippen LogP contribution in [0, 0.1) is 6.92 Å². The zero-order valence-corrected chi connectivity index (χ0v) is 23.9. The molecule has 0 aliphatic rings. The number of nitrogens with zero attached hydrogens (tertiary/aromatic N) is 1. The van der Waals surface area contributed by atoms with Gasteiger partial charge in [0.2, 0.25) is 11.8 Å². The average Bonchev–Trinajstić information content (AvgIpc) is 2.82. The second-order valence-electron chi connectivity index (χ2n) is 10.0. The fourth-order valence-corrected chi connectivity index (χ4v) is 5.38. The lowest BCUT2D eigenvalue weighted by Crippen LogP contribution is -2.54. The number of hydrogen-bond donors (Lipinski definition) is 1. The van der Waals surface area contributed by atoms with Crippen LogP contribution in [-0.2, 0) is 28.3 Å². The Morgan fingerprint density at radius 2 is 1.61 bits per heavy atom. The van der Waals surface area contributed by atoms with E-state index in [2.05, 4.69) is 40.3 Å². The molecule has 0 radical (unpaired) electrons. The van der Waals surface area contributed by atoms with Gasteiger partial charge >= 0.3 is 0 Å². The summed E-state index contributed by atoms with van der Waals surface area (Å²) in [6.45, 7) is 8.33. The van der Waals surface area contributed by atoms with Crippen molar-refractivity contribution in [2.24, 2.45) is 0 Å². The fraction of sp³-hybridized carbons (Fsp3) is 0.333. The van der Waals surface area contributed by atoms with Crippen molar-refractivity contribution in [3.63, 3.8) is 0 Å². The first-order valence-electron chi connectivity index (χ1n) is 12.1. The van der Waals surface area contributed by atoms with Gasteiger partial charge in [0.15, 0.2) is 0 Å². The smallest absolute Gasteiger partial charge is 0.243 e. The monoisotopic (exact) mass is 566 g/mol. The van der Waals surface area contributed by atoms with Gasteiger partial charge < -0.3 is 10.2 Å². The number of rotatable bonds is 10. The minimum atomic E-state index is -0.628. The molecule has 1 atom stereocenters. The normalized spacial score (nSPS) is 12.1. The SMILES string of the molecule is Cc1ccccc1CSCC(=O)N(Cc1cccc(Br)c1)[C@@H](Cc1ccccc1)C(=O)NC(C)(C)C. The van der Waals surface area contributed by atoms with E-state index in [1.54, 1.807) is 16.7 Å². The van der Waals surface area contributed by atoms with Crippen LogP contribution in [0.4, 0.5) is 0 Å². The summed E-state index contributed by atoms with van der Waals surface area (Å²) in [6, 6.07) is 25.4. The minimum Gasteiger partial charge on any atom is -0.350 e. The Hall–Kier alpha value is -2.57. The molecule has 0 spiro atoms. The summed E-state index contributed by atoms with van der Waals surface area (Å²) < 4.78 is 0.945. The number of aryl methyl sites for hydroxylation is 1. The molecular formula is C30H35BrN2O2S. The first kappa shape index (κ1) is 28.0. The predicted molar refractivity (Wildman–Crippen MR) is 154 cm³/mol. The van der Waals surface area contributed by atoms with Crippen molar-refractivity contribution in [2.75, 3.05) is 5.75 Å². The molecule has 0 saturated heterocycles. The molecule has 3 aromatic carbocycles. The molecule has 2 amide bonds. The lowest BCUT2D eigenvalue weighted by atomic mass is 10.0. The van der Waals surface area contributed by atoms with Crippen LogP contribution in [-0.4, -0.2) is 34.0 Å². The maximum Gasteiger partial charge on any atom is 0.243 e. The molecule has 3 aromatic rings. The van der Waals surface area contributed by atoms with Gasteiger partial charge in [-0.2, -0.15) is 0 Å². The highest BCUT2D eigenvalue weighted by atomic mass is 79.9. The minimum absolute atomic E-state index is 0.0430. The van der Waals surface area contributed by atoms with E-state index in [9.17, 15) is 9.59 Å². The summed E-state index contributed by atoms with van der Waals surface area (Å²) in [5.74, 6) is 0.869. The molecule has 0 aliphatic heterocycles. The Bertz CT molecular complexity index is 1160.